The molecule has 0 unspecified atom stereocenters. The average Bonchev–Trinajstić information content (AvgIpc) is 3.30. The summed E-state index contributed by atoms with van der Waals surface area (Å²) in [6.07, 6.45) is 0. The number of esters is 1. The molecule has 34 heavy (non-hydrogen) atoms. The number of nitrogens with zero attached hydrogens (tertiary/aromatic N) is 3. The Morgan fingerprint density at radius 1 is 1.32 bits per heavy atom. The fourth-order valence-corrected chi connectivity index (χ4v) is 4.82. The molecule has 14 heteroatoms. The fraction of sp³-hybridized carbons (Fsp3) is 0.250. The Labute approximate surface area is 206 Å². The van der Waals surface area contributed by atoms with E-state index in [0.717, 1.165) is 29.2 Å². The Kier molecular flexibility index (Phi) is 8.12. The molecule has 2 amide bonds. The van der Waals surface area contributed by atoms with Crippen molar-refractivity contribution in [2.45, 2.75) is 18.7 Å². The highest BCUT2D eigenvalue weighted by atomic mass is 35.5. The summed E-state index contributed by atoms with van der Waals surface area (Å²) in [6, 6.07) is 3.78. The van der Waals surface area contributed by atoms with Crippen LogP contribution in [0.5, 0.6) is 5.75 Å². The van der Waals surface area contributed by atoms with Gasteiger partial charge in [-0.2, -0.15) is 0 Å². The molecule has 0 saturated heterocycles. The maximum Gasteiger partial charge on any atom is 0.341 e. The Morgan fingerprint density at radius 3 is 2.71 bits per heavy atom. The van der Waals surface area contributed by atoms with Crippen molar-refractivity contribution < 1.29 is 28.2 Å². The van der Waals surface area contributed by atoms with E-state index in [1.54, 1.807) is 18.5 Å². The summed E-state index contributed by atoms with van der Waals surface area (Å²) in [5, 5.41) is 11.4. The molecule has 180 valence electrons. The number of carbonyl (C=O) groups is 3. The van der Waals surface area contributed by atoms with Gasteiger partial charge in [0.25, 0.3) is 5.91 Å². The van der Waals surface area contributed by atoms with Gasteiger partial charge >= 0.3 is 5.97 Å². The third-order valence-electron chi connectivity index (χ3n) is 4.52. The zero-order valence-electron chi connectivity index (χ0n) is 18.2. The van der Waals surface area contributed by atoms with Crippen LogP contribution in [0.15, 0.2) is 23.4 Å². The lowest BCUT2D eigenvalue weighted by atomic mass is 10.1. The Balaban J connectivity index is 1.64. The van der Waals surface area contributed by atoms with Gasteiger partial charge in [0.2, 0.25) is 5.91 Å². The predicted molar refractivity (Wildman–Crippen MR) is 125 cm³/mol. The lowest BCUT2D eigenvalue weighted by Gasteiger charge is -2.08. The number of hydrogen-bond acceptors (Lipinski definition) is 9. The number of amides is 2. The van der Waals surface area contributed by atoms with E-state index >= 15 is 0 Å². The molecule has 0 fully saturated rings. The molecule has 0 radical (unpaired) electrons. The molecule has 0 atom stereocenters. The number of nitrogens with one attached hydrogen (secondary N) is 1. The molecule has 2 aromatic heterocycles. The zero-order chi connectivity index (χ0) is 25.0. The van der Waals surface area contributed by atoms with Gasteiger partial charge in [-0.15, -0.1) is 21.5 Å². The number of hydrogen-bond donors (Lipinski definition) is 2. The van der Waals surface area contributed by atoms with Crippen molar-refractivity contribution in [2.24, 2.45) is 12.8 Å². The van der Waals surface area contributed by atoms with Crippen molar-refractivity contribution in [2.75, 3.05) is 18.2 Å². The fourth-order valence-electron chi connectivity index (χ4n) is 2.81. The van der Waals surface area contributed by atoms with Crippen LogP contribution in [-0.2, 0) is 23.2 Å². The molecule has 0 spiro atoms. The second kappa shape index (κ2) is 10.8. The van der Waals surface area contributed by atoms with Gasteiger partial charge in [0, 0.05) is 7.05 Å². The van der Waals surface area contributed by atoms with Gasteiger partial charge in [-0.25, -0.2) is 9.18 Å². The van der Waals surface area contributed by atoms with Gasteiger partial charge in [-0.3, -0.25) is 9.59 Å². The summed E-state index contributed by atoms with van der Waals surface area (Å²) < 4.78 is 25.1. The van der Waals surface area contributed by atoms with E-state index in [1.807, 2.05) is 0 Å². The number of thiophene rings is 1. The van der Waals surface area contributed by atoms with Crippen LogP contribution in [0.3, 0.4) is 0 Å². The normalized spacial score (nSPS) is 10.7. The minimum absolute atomic E-state index is 0.0223. The highest BCUT2D eigenvalue weighted by molar-refractivity contribution is 7.99. The molecular formula is C20H19ClFN5O5S2. The van der Waals surface area contributed by atoms with Gasteiger partial charge in [-0.05, 0) is 30.7 Å². The number of halogens is 2. The number of ether oxygens (including phenoxy) is 2. The minimum atomic E-state index is -0.710. The number of rotatable bonds is 9. The molecule has 3 aromatic rings. The predicted octanol–water partition coefficient (Wildman–Crippen LogP) is 3.17. The number of benzene rings is 1. The van der Waals surface area contributed by atoms with E-state index in [1.165, 1.54) is 19.2 Å². The summed E-state index contributed by atoms with van der Waals surface area (Å²) in [5.74, 6) is -1.62. The molecule has 0 aliphatic rings. The van der Waals surface area contributed by atoms with Crippen LogP contribution < -0.4 is 15.8 Å². The molecule has 3 N–H and O–H groups in total. The average molecular weight is 528 g/mol. The quantitative estimate of drug-likeness (QED) is 0.319. The number of methoxy groups -OCH3 is 1. The third kappa shape index (κ3) is 5.66. The van der Waals surface area contributed by atoms with Crippen molar-refractivity contribution in [3.8, 4) is 5.75 Å². The van der Waals surface area contributed by atoms with Gasteiger partial charge in [0.1, 0.15) is 23.2 Å². The summed E-state index contributed by atoms with van der Waals surface area (Å²) in [7, 11) is 2.90. The Hall–Kier alpha value is -3.16. The first kappa shape index (κ1) is 25.5. The largest absolute Gasteiger partial charge is 0.484 e. The maximum absolute atomic E-state index is 13.2. The number of anilines is 1. The van der Waals surface area contributed by atoms with E-state index in [2.05, 4.69) is 15.5 Å². The number of nitrogens with two attached hydrogens (primary N) is 1. The van der Waals surface area contributed by atoms with Crippen LogP contribution in [0, 0.1) is 12.7 Å². The SMILES string of the molecule is COC(=O)c1c(NC(=O)CSc2nnc(COc3ccc(F)cc3Cl)n2C)sc(C(N)=O)c1C. The minimum Gasteiger partial charge on any atom is -0.484 e. The van der Waals surface area contributed by atoms with Crippen molar-refractivity contribution in [3.63, 3.8) is 0 Å². The molecule has 1 aromatic carbocycles. The first-order valence-corrected chi connectivity index (χ1v) is 11.7. The first-order valence-electron chi connectivity index (χ1n) is 9.52. The van der Waals surface area contributed by atoms with Gasteiger partial charge in [-0.1, -0.05) is 23.4 Å². The lowest BCUT2D eigenvalue weighted by Crippen LogP contribution is -2.16. The lowest BCUT2D eigenvalue weighted by molar-refractivity contribution is -0.113. The molecule has 2 heterocycles. The Morgan fingerprint density at radius 2 is 2.06 bits per heavy atom. The molecular weight excluding hydrogens is 509 g/mol. The number of aromatic nitrogens is 3. The zero-order valence-corrected chi connectivity index (χ0v) is 20.6. The van der Waals surface area contributed by atoms with Gasteiger partial charge < -0.3 is 25.1 Å². The molecule has 0 bridgehead atoms. The van der Waals surface area contributed by atoms with Crippen LogP contribution >= 0.6 is 34.7 Å². The molecule has 0 aliphatic carbocycles. The van der Waals surface area contributed by atoms with Crippen LogP contribution in [0.4, 0.5) is 9.39 Å². The van der Waals surface area contributed by atoms with E-state index in [4.69, 9.17) is 26.8 Å². The summed E-state index contributed by atoms with van der Waals surface area (Å²) in [5.41, 5.74) is 5.77. The topological polar surface area (TPSA) is 138 Å². The smallest absolute Gasteiger partial charge is 0.341 e. The summed E-state index contributed by atoms with van der Waals surface area (Å²) in [6.45, 7) is 1.57. The van der Waals surface area contributed by atoms with Gasteiger partial charge in [0.15, 0.2) is 11.0 Å². The first-order chi connectivity index (χ1) is 16.1. The van der Waals surface area contributed by atoms with E-state index < -0.39 is 23.6 Å². The van der Waals surface area contributed by atoms with E-state index in [-0.39, 0.29) is 32.8 Å². The highest BCUT2D eigenvalue weighted by Gasteiger charge is 2.25. The second-order valence-corrected chi connectivity index (χ2v) is 9.14. The number of primary amides is 1. The van der Waals surface area contributed by atoms with E-state index in [9.17, 15) is 18.8 Å². The van der Waals surface area contributed by atoms with Gasteiger partial charge in [0.05, 0.1) is 28.3 Å². The van der Waals surface area contributed by atoms with Crippen molar-refractivity contribution >= 4 is 57.5 Å². The second-order valence-electron chi connectivity index (χ2n) is 6.77. The van der Waals surface area contributed by atoms with Crippen LogP contribution in [0.2, 0.25) is 5.02 Å². The maximum atomic E-state index is 13.2. The molecule has 0 saturated carbocycles. The standard InChI is InChI=1S/C20H19ClFN5O5S2/c1-9-15(19(30)31-3)18(34-16(9)17(23)29)24-14(28)8-33-20-26-25-13(27(20)2)7-32-12-5-4-10(22)6-11(12)21/h4-6H,7-8H2,1-3H3,(H2,23,29)(H,24,28). The highest BCUT2D eigenvalue weighted by Crippen LogP contribution is 2.33. The molecule has 0 aliphatic heterocycles. The van der Waals surface area contributed by atoms with Crippen LogP contribution in [-0.4, -0.2) is 45.4 Å². The monoisotopic (exact) mass is 527 g/mol. The summed E-state index contributed by atoms with van der Waals surface area (Å²) >= 11 is 7.95. The number of thioether (sulfide) groups is 1. The van der Waals surface area contributed by atoms with Crippen LogP contribution in [0.1, 0.15) is 31.4 Å². The summed E-state index contributed by atoms with van der Waals surface area (Å²) in [4.78, 5) is 36.4. The molecule has 10 nitrogen and oxygen atoms in total. The van der Waals surface area contributed by atoms with Crippen LogP contribution in [0.25, 0.3) is 0 Å². The third-order valence-corrected chi connectivity index (χ3v) is 7.06. The van der Waals surface area contributed by atoms with E-state index in [0.29, 0.717) is 22.3 Å². The number of carbonyl (C=O) groups excluding carboxylic acids is 3. The Bertz CT molecular complexity index is 1260. The molecule has 3 rings (SSSR count). The van der Waals surface area contributed by atoms with Crippen molar-refractivity contribution in [1.29, 1.82) is 0 Å². The van der Waals surface area contributed by atoms with Crippen molar-refractivity contribution in [1.82, 2.24) is 14.8 Å². The van der Waals surface area contributed by atoms with Crippen molar-refractivity contribution in [3.05, 3.63) is 50.9 Å².